The topological polar surface area (TPSA) is 53.5 Å². The highest BCUT2D eigenvalue weighted by molar-refractivity contribution is 5.95. The third-order valence-corrected chi connectivity index (χ3v) is 3.71. The first-order chi connectivity index (χ1) is 9.33. The first-order valence-corrected chi connectivity index (χ1v) is 6.64. The van der Waals surface area contributed by atoms with Gasteiger partial charge in [-0.3, -0.25) is 4.79 Å². The zero-order chi connectivity index (χ0) is 13.1. The number of rotatable bonds is 4. The van der Waals surface area contributed by atoms with E-state index in [-0.39, 0.29) is 12.5 Å². The van der Waals surface area contributed by atoms with Crippen molar-refractivity contribution in [2.24, 2.45) is 16.9 Å². The molecule has 4 heteroatoms. The van der Waals surface area contributed by atoms with E-state index in [1.165, 1.54) is 0 Å². The van der Waals surface area contributed by atoms with Crippen LogP contribution in [0.1, 0.15) is 12.8 Å². The van der Waals surface area contributed by atoms with Crippen molar-refractivity contribution in [1.82, 2.24) is 5.43 Å². The second-order valence-electron chi connectivity index (χ2n) is 5.00. The Hall–Kier alpha value is -2.10. The molecule has 2 atom stereocenters. The molecule has 1 saturated carbocycles. The van der Waals surface area contributed by atoms with E-state index in [1.54, 1.807) is 0 Å². The van der Waals surface area contributed by atoms with Crippen LogP contribution in [-0.2, 0) is 4.79 Å². The van der Waals surface area contributed by atoms with Gasteiger partial charge in [0.15, 0.2) is 0 Å². The van der Waals surface area contributed by atoms with Crippen LogP contribution in [0.15, 0.2) is 47.6 Å². The number of allylic oxidation sites excluding steroid dienone is 2. The number of hydrogen-bond donors (Lipinski definition) is 2. The van der Waals surface area contributed by atoms with E-state index in [1.807, 2.05) is 30.3 Å². The largest absolute Gasteiger partial charge is 0.376 e. The van der Waals surface area contributed by atoms with Crippen LogP contribution >= 0.6 is 0 Å². The summed E-state index contributed by atoms with van der Waals surface area (Å²) in [6.07, 6.45) is 6.52. The molecule has 1 aromatic rings. The first-order valence-electron chi connectivity index (χ1n) is 6.64. The number of carbonyl (C=O) groups is 1. The number of hydrazone groups is 1. The lowest BCUT2D eigenvalue weighted by Gasteiger charge is -2.31. The molecule has 0 saturated heterocycles. The van der Waals surface area contributed by atoms with E-state index < -0.39 is 0 Å². The maximum absolute atomic E-state index is 11.7. The molecule has 2 aliphatic rings. The summed E-state index contributed by atoms with van der Waals surface area (Å²) < 4.78 is 0. The van der Waals surface area contributed by atoms with Gasteiger partial charge in [-0.2, -0.15) is 5.10 Å². The van der Waals surface area contributed by atoms with Crippen molar-refractivity contribution in [3.05, 3.63) is 42.5 Å². The minimum absolute atomic E-state index is 0.106. The fraction of sp³-hybridized carbons (Fsp3) is 0.333. The molecule has 0 radical (unpaired) electrons. The van der Waals surface area contributed by atoms with E-state index in [4.69, 9.17) is 0 Å². The molecule has 1 aromatic carbocycles. The van der Waals surface area contributed by atoms with Gasteiger partial charge in [-0.25, -0.2) is 5.43 Å². The van der Waals surface area contributed by atoms with Crippen molar-refractivity contribution in [3.63, 3.8) is 0 Å². The van der Waals surface area contributed by atoms with Crippen LogP contribution in [0.5, 0.6) is 0 Å². The predicted molar refractivity (Wildman–Crippen MR) is 75.9 cm³/mol. The molecule has 1 amide bonds. The van der Waals surface area contributed by atoms with Crippen LogP contribution in [0, 0.1) is 11.8 Å². The third kappa shape index (κ3) is 2.67. The lowest BCUT2D eigenvalue weighted by molar-refractivity contribution is -0.119. The van der Waals surface area contributed by atoms with Crippen molar-refractivity contribution in [3.8, 4) is 0 Å². The standard InChI is InChI=1S/C15H17N3O/c19-15(10-16-12-6-2-1-3-7-12)18-17-14-9-11-5-4-8-13(11)14/h1-7,11,13,16H,8-10H2,(H,18,19)/b17-14+. The SMILES string of the molecule is O=C(CNc1ccccc1)N/N=C1\CC2C=CCC12. The van der Waals surface area contributed by atoms with Gasteiger partial charge >= 0.3 is 0 Å². The van der Waals surface area contributed by atoms with Crippen molar-refractivity contribution in [1.29, 1.82) is 0 Å². The Labute approximate surface area is 112 Å². The molecular formula is C15H17N3O. The van der Waals surface area contributed by atoms with Gasteiger partial charge in [-0.1, -0.05) is 30.4 Å². The number of para-hydroxylation sites is 1. The summed E-state index contributed by atoms with van der Waals surface area (Å²) in [6, 6.07) is 9.67. The van der Waals surface area contributed by atoms with Crippen molar-refractivity contribution in [2.45, 2.75) is 12.8 Å². The number of nitrogens with one attached hydrogen (secondary N) is 2. The predicted octanol–water partition coefficient (Wildman–Crippen LogP) is 2.17. The van der Waals surface area contributed by atoms with Crippen LogP contribution in [0.4, 0.5) is 5.69 Å². The minimum Gasteiger partial charge on any atom is -0.376 e. The molecule has 0 bridgehead atoms. The molecule has 3 rings (SSSR count). The van der Waals surface area contributed by atoms with Gasteiger partial charge in [0.1, 0.15) is 0 Å². The Morgan fingerprint density at radius 1 is 1.32 bits per heavy atom. The number of nitrogens with zero attached hydrogens (tertiary/aromatic N) is 1. The molecule has 1 fully saturated rings. The quantitative estimate of drug-likeness (QED) is 0.640. The van der Waals surface area contributed by atoms with Crippen LogP contribution < -0.4 is 10.7 Å². The first kappa shape index (κ1) is 12.0. The smallest absolute Gasteiger partial charge is 0.259 e. The average molecular weight is 255 g/mol. The summed E-state index contributed by atoms with van der Waals surface area (Å²) in [5.74, 6) is 1.10. The summed E-state index contributed by atoms with van der Waals surface area (Å²) in [6.45, 7) is 0.243. The molecule has 2 N–H and O–H groups in total. The van der Waals surface area contributed by atoms with Gasteiger partial charge in [0.25, 0.3) is 5.91 Å². The van der Waals surface area contributed by atoms with E-state index in [9.17, 15) is 4.79 Å². The number of hydrogen-bond acceptors (Lipinski definition) is 3. The second kappa shape index (κ2) is 5.26. The number of anilines is 1. The van der Waals surface area contributed by atoms with Crippen molar-refractivity contribution >= 4 is 17.3 Å². The fourth-order valence-corrected chi connectivity index (χ4v) is 2.58. The van der Waals surface area contributed by atoms with Crippen LogP contribution in [0.3, 0.4) is 0 Å². The van der Waals surface area contributed by atoms with E-state index in [0.29, 0.717) is 11.8 Å². The molecule has 4 nitrogen and oxygen atoms in total. The summed E-state index contributed by atoms with van der Waals surface area (Å²) in [5, 5.41) is 7.28. The van der Waals surface area contributed by atoms with Crippen molar-refractivity contribution in [2.75, 3.05) is 11.9 Å². The van der Waals surface area contributed by atoms with Crippen LogP contribution in [0.25, 0.3) is 0 Å². The number of benzene rings is 1. The zero-order valence-electron chi connectivity index (χ0n) is 10.7. The Balaban J connectivity index is 1.44. The van der Waals surface area contributed by atoms with Gasteiger partial charge in [0.05, 0.1) is 6.54 Å². The van der Waals surface area contributed by atoms with E-state index in [2.05, 4.69) is 28.0 Å². The zero-order valence-corrected chi connectivity index (χ0v) is 10.7. The molecule has 0 spiro atoms. The van der Waals surface area contributed by atoms with Crippen LogP contribution in [-0.4, -0.2) is 18.2 Å². The maximum atomic E-state index is 11.7. The Morgan fingerprint density at radius 2 is 2.16 bits per heavy atom. The second-order valence-corrected chi connectivity index (χ2v) is 5.00. The van der Waals surface area contributed by atoms with Crippen LogP contribution in [0.2, 0.25) is 0 Å². The molecule has 0 aliphatic heterocycles. The number of amides is 1. The summed E-state index contributed by atoms with van der Waals surface area (Å²) in [7, 11) is 0. The van der Waals surface area contributed by atoms with Gasteiger partial charge in [-0.15, -0.1) is 0 Å². The number of fused-ring (bicyclic) bond motifs is 1. The van der Waals surface area contributed by atoms with Gasteiger partial charge in [0, 0.05) is 17.3 Å². The fourth-order valence-electron chi connectivity index (χ4n) is 2.58. The molecule has 2 unspecified atom stereocenters. The number of carbonyl (C=O) groups excluding carboxylic acids is 1. The molecule has 19 heavy (non-hydrogen) atoms. The molecule has 0 heterocycles. The third-order valence-electron chi connectivity index (χ3n) is 3.71. The van der Waals surface area contributed by atoms with E-state index in [0.717, 1.165) is 24.2 Å². The van der Waals surface area contributed by atoms with Gasteiger partial charge < -0.3 is 5.32 Å². The lowest BCUT2D eigenvalue weighted by atomic mass is 9.74. The monoisotopic (exact) mass is 255 g/mol. The van der Waals surface area contributed by atoms with Gasteiger partial charge in [-0.05, 0) is 30.9 Å². The summed E-state index contributed by atoms with van der Waals surface area (Å²) >= 11 is 0. The minimum atomic E-state index is -0.106. The van der Waals surface area contributed by atoms with Crippen molar-refractivity contribution < 1.29 is 4.79 Å². The Kier molecular flexibility index (Phi) is 3.31. The Morgan fingerprint density at radius 3 is 2.95 bits per heavy atom. The normalized spacial score (nSPS) is 25.8. The summed E-state index contributed by atoms with van der Waals surface area (Å²) in [4.78, 5) is 11.7. The molecular weight excluding hydrogens is 238 g/mol. The molecule has 98 valence electrons. The molecule has 0 aromatic heterocycles. The molecule has 2 aliphatic carbocycles. The highest BCUT2D eigenvalue weighted by atomic mass is 16.2. The Bertz CT molecular complexity index is 521. The summed E-state index contributed by atoms with van der Waals surface area (Å²) in [5.41, 5.74) is 4.69. The lowest BCUT2D eigenvalue weighted by Crippen LogP contribution is -2.36. The highest BCUT2D eigenvalue weighted by Gasteiger charge is 2.37. The van der Waals surface area contributed by atoms with Gasteiger partial charge in [0.2, 0.25) is 0 Å². The van der Waals surface area contributed by atoms with E-state index >= 15 is 0 Å². The highest BCUT2D eigenvalue weighted by Crippen LogP contribution is 2.39. The average Bonchev–Trinajstić information content (AvgIpc) is 2.79. The maximum Gasteiger partial charge on any atom is 0.259 e.